The van der Waals surface area contributed by atoms with E-state index in [1.54, 1.807) is 23.1 Å². The number of anilines is 2. The van der Waals surface area contributed by atoms with Crippen molar-refractivity contribution in [3.8, 4) is 5.75 Å². The zero-order chi connectivity index (χ0) is 23.4. The first kappa shape index (κ1) is 23.4. The van der Waals surface area contributed by atoms with E-state index in [0.29, 0.717) is 24.5 Å². The summed E-state index contributed by atoms with van der Waals surface area (Å²) in [4.78, 5) is 19.4. The molecule has 8 nitrogen and oxygen atoms in total. The van der Waals surface area contributed by atoms with Crippen LogP contribution in [0.2, 0.25) is 0 Å². The van der Waals surface area contributed by atoms with Crippen LogP contribution in [0.4, 0.5) is 11.4 Å². The zero-order valence-corrected chi connectivity index (χ0v) is 20.1. The van der Waals surface area contributed by atoms with Crippen LogP contribution in [-0.4, -0.2) is 77.6 Å². The predicted octanol–water partition coefficient (Wildman–Crippen LogP) is 2.87. The van der Waals surface area contributed by atoms with Crippen LogP contribution in [0.15, 0.2) is 47.4 Å². The van der Waals surface area contributed by atoms with Crippen molar-refractivity contribution >= 4 is 27.3 Å². The molecule has 2 aromatic rings. The smallest absolute Gasteiger partial charge is 0.261 e. The summed E-state index contributed by atoms with van der Waals surface area (Å²) in [5.41, 5.74) is 1.82. The lowest BCUT2D eigenvalue weighted by molar-refractivity contribution is 0.0720. The molecule has 0 atom stereocenters. The highest BCUT2D eigenvalue weighted by molar-refractivity contribution is 7.92. The number of hydrogen-bond donors (Lipinski definition) is 1. The van der Waals surface area contributed by atoms with Gasteiger partial charge < -0.3 is 19.4 Å². The molecule has 0 spiro atoms. The lowest BCUT2D eigenvalue weighted by Gasteiger charge is -2.34. The normalized spacial score (nSPS) is 17.6. The first-order valence-corrected chi connectivity index (χ1v) is 12.9. The summed E-state index contributed by atoms with van der Waals surface area (Å²) in [5, 5.41) is 0. The Morgan fingerprint density at radius 3 is 2.21 bits per heavy atom. The highest BCUT2D eigenvalue weighted by Crippen LogP contribution is 2.27. The van der Waals surface area contributed by atoms with Gasteiger partial charge in [0, 0.05) is 50.6 Å². The molecule has 2 aliphatic heterocycles. The summed E-state index contributed by atoms with van der Waals surface area (Å²) < 4.78 is 34.1. The average molecular weight is 473 g/mol. The number of sulfonamides is 1. The predicted molar refractivity (Wildman–Crippen MR) is 130 cm³/mol. The van der Waals surface area contributed by atoms with Gasteiger partial charge in [-0.05, 0) is 68.8 Å². The molecule has 1 N–H and O–H groups in total. The van der Waals surface area contributed by atoms with Gasteiger partial charge in [0.1, 0.15) is 5.75 Å². The quantitative estimate of drug-likeness (QED) is 0.696. The van der Waals surface area contributed by atoms with Crippen molar-refractivity contribution in [2.24, 2.45) is 0 Å². The molecule has 2 saturated heterocycles. The average Bonchev–Trinajstić information content (AvgIpc) is 2.84. The number of likely N-dealkylation sites (tertiary alicyclic amines) is 1. The van der Waals surface area contributed by atoms with Crippen LogP contribution in [0.1, 0.15) is 29.6 Å². The molecule has 33 heavy (non-hydrogen) atoms. The molecule has 4 rings (SSSR count). The maximum atomic E-state index is 13.1. The van der Waals surface area contributed by atoms with Crippen LogP contribution in [-0.2, 0) is 10.0 Å². The van der Waals surface area contributed by atoms with E-state index in [-0.39, 0.29) is 16.4 Å². The number of ether oxygens (including phenoxy) is 1. The SMILES string of the molecule is COc1ccc(S(=O)(=O)Nc2ccc(N3CCN(C)CC3)cc2)cc1C(=O)N1CCCCC1. The standard InChI is InChI=1S/C24H32N4O4S/c1-26-14-16-27(17-15-26)20-8-6-19(7-9-20)25-33(30,31)21-10-11-23(32-2)22(18-21)24(29)28-12-4-3-5-13-28/h6-11,18,25H,3-5,12-17H2,1-2H3. The van der Waals surface area contributed by atoms with Gasteiger partial charge in [0.05, 0.1) is 17.6 Å². The summed E-state index contributed by atoms with van der Waals surface area (Å²) in [5.74, 6) is 0.182. The molecule has 0 aromatic heterocycles. The lowest BCUT2D eigenvalue weighted by atomic mass is 10.1. The molecule has 2 heterocycles. The van der Waals surface area contributed by atoms with Crippen LogP contribution in [0.25, 0.3) is 0 Å². The molecule has 2 aliphatic rings. The van der Waals surface area contributed by atoms with Gasteiger partial charge in [-0.15, -0.1) is 0 Å². The number of hydrogen-bond acceptors (Lipinski definition) is 6. The molecule has 178 valence electrons. The summed E-state index contributed by atoms with van der Waals surface area (Å²) in [6, 6.07) is 11.8. The van der Waals surface area contributed by atoms with E-state index < -0.39 is 10.0 Å². The van der Waals surface area contributed by atoms with E-state index in [2.05, 4.69) is 21.6 Å². The summed E-state index contributed by atoms with van der Waals surface area (Å²) in [7, 11) is -0.273. The Balaban J connectivity index is 1.51. The largest absolute Gasteiger partial charge is 0.496 e. The summed E-state index contributed by atoms with van der Waals surface area (Å²) in [6.07, 6.45) is 3.02. The molecule has 0 unspecified atom stereocenters. The van der Waals surface area contributed by atoms with Crippen LogP contribution in [0, 0.1) is 0 Å². The van der Waals surface area contributed by atoms with Crippen molar-refractivity contribution in [2.75, 3.05) is 63.0 Å². The maximum Gasteiger partial charge on any atom is 0.261 e. The minimum Gasteiger partial charge on any atom is -0.496 e. The lowest BCUT2D eigenvalue weighted by Crippen LogP contribution is -2.44. The Bertz CT molecular complexity index is 1070. The molecular formula is C24H32N4O4S. The highest BCUT2D eigenvalue weighted by Gasteiger charge is 2.24. The Morgan fingerprint density at radius 1 is 0.909 bits per heavy atom. The number of nitrogens with one attached hydrogen (secondary N) is 1. The molecule has 0 radical (unpaired) electrons. The Morgan fingerprint density at radius 2 is 1.58 bits per heavy atom. The fourth-order valence-corrected chi connectivity index (χ4v) is 5.39. The number of piperazine rings is 1. The fourth-order valence-electron chi connectivity index (χ4n) is 4.31. The minimum atomic E-state index is -3.87. The third-order valence-electron chi connectivity index (χ3n) is 6.34. The van der Waals surface area contributed by atoms with Crippen molar-refractivity contribution in [2.45, 2.75) is 24.2 Å². The Kier molecular flexibility index (Phi) is 7.09. The molecule has 0 aliphatic carbocycles. The van der Waals surface area contributed by atoms with Gasteiger partial charge in [-0.25, -0.2) is 8.42 Å². The molecule has 1 amide bonds. The molecule has 0 bridgehead atoms. The second-order valence-corrected chi connectivity index (χ2v) is 10.3. The number of piperidine rings is 1. The van der Waals surface area contributed by atoms with Crippen LogP contribution in [0.5, 0.6) is 5.75 Å². The molecular weight excluding hydrogens is 440 g/mol. The van der Waals surface area contributed by atoms with E-state index in [1.165, 1.54) is 19.2 Å². The number of nitrogens with zero attached hydrogens (tertiary/aromatic N) is 3. The van der Waals surface area contributed by atoms with Gasteiger partial charge in [-0.1, -0.05) is 0 Å². The van der Waals surface area contributed by atoms with Crippen LogP contribution < -0.4 is 14.4 Å². The van der Waals surface area contributed by atoms with Crippen molar-refractivity contribution in [3.05, 3.63) is 48.0 Å². The van der Waals surface area contributed by atoms with Crippen molar-refractivity contribution in [3.63, 3.8) is 0 Å². The maximum absolute atomic E-state index is 13.1. The molecule has 9 heteroatoms. The van der Waals surface area contributed by atoms with Gasteiger partial charge >= 0.3 is 0 Å². The number of carbonyl (C=O) groups is 1. The number of amides is 1. The highest BCUT2D eigenvalue weighted by atomic mass is 32.2. The number of carbonyl (C=O) groups excluding carboxylic acids is 1. The van der Waals surface area contributed by atoms with Crippen molar-refractivity contribution in [1.82, 2.24) is 9.80 Å². The van der Waals surface area contributed by atoms with Gasteiger partial charge in [0.15, 0.2) is 0 Å². The van der Waals surface area contributed by atoms with Crippen LogP contribution >= 0.6 is 0 Å². The number of methoxy groups -OCH3 is 1. The zero-order valence-electron chi connectivity index (χ0n) is 19.3. The van der Waals surface area contributed by atoms with Gasteiger partial charge in [0.25, 0.3) is 15.9 Å². The summed E-state index contributed by atoms with van der Waals surface area (Å²) >= 11 is 0. The van der Waals surface area contributed by atoms with E-state index in [4.69, 9.17) is 4.74 Å². The van der Waals surface area contributed by atoms with Gasteiger partial charge in [0.2, 0.25) is 0 Å². The topological polar surface area (TPSA) is 82.2 Å². The van der Waals surface area contributed by atoms with Crippen molar-refractivity contribution < 1.29 is 17.9 Å². The third kappa shape index (κ3) is 5.42. The number of benzene rings is 2. The van der Waals surface area contributed by atoms with Crippen LogP contribution in [0.3, 0.4) is 0 Å². The Labute approximate surface area is 196 Å². The third-order valence-corrected chi connectivity index (χ3v) is 7.72. The van der Waals surface area contributed by atoms with Gasteiger partial charge in [-0.2, -0.15) is 0 Å². The minimum absolute atomic E-state index is 0.0341. The first-order chi connectivity index (χ1) is 15.9. The summed E-state index contributed by atoms with van der Waals surface area (Å²) in [6.45, 7) is 5.25. The molecule has 0 saturated carbocycles. The second kappa shape index (κ2) is 10.0. The van der Waals surface area contributed by atoms with E-state index >= 15 is 0 Å². The van der Waals surface area contributed by atoms with E-state index in [9.17, 15) is 13.2 Å². The first-order valence-electron chi connectivity index (χ1n) is 11.4. The molecule has 2 fully saturated rings. The number of likely N-dealkylation sites (N-methyl/N-ethyl adjacent to an activating group) is 1. The Hall–Kier alpha value is -2.78. The monoisotopic (exact) mass is 472 g/mol. The molecule has 2 aromatic carbocycles. The van der Waals surface area contributed by atoms with E-state index in [1.807, 2.05) is 12.1 Å². The second-order valence-electron chi connectivity index (χ2n) is 8.66. The van der Waals surface area contributed by atoms with Gasteiger partial charge in [-0.3, -0.25) is 9.52 Å². The van der Waals surface area contributed by atoms with Crippen molar-refractivity contribution in [1.29, 1.82) is 0 Å². The number of rotatable bonds is 6. The van der Waals surface area contributed by atoms with E-state index in [0.717, 1.165) is 51.1 Å². The fraction of sp³-hybridized carbons (Fsp3) is 0.458.